The first-order valence-electron chi connectivity index (χ1n) is 8.06. The van der Waals surface area contributed by atoms with Crippen molar-refractivity contribution in [2.45, 2.75) is 12.6 Å². The van der Waals surface area contributed by atoms with Crippen LogP contribution in [0, 0.1) is 0 Å². The van der Waals surface area contributed by atoms with Gasteiger partial charge in [0, 0.05) is 6.54 Å². The van der Waals surface area contributed by atoms with Gasteiger partial charge in [-0.15, -0.1) is 0 Å². The molecule has 1 heterocycles. The van der Waals surface area contributed by atoms with Crippen molar-refractivity contribution in [2.24, 2.45) is 0 Å². The van der Waals surface area contributed by atoms with E-state index in [1.54, 1.807) is 0 Å². The van der Waals surface area contributed by atoms with Gasteiger partial charge in [0.25, 0.3) is 5.91 Å². The predicted molar refractivity (Wildman–Crippen MR) is 93.2 cm³/mol. The molecule has 2 aromatic rings. The SMILES string of the molecule is COC(=O)CN(Cc1ccccc1)C(=O)C1CNc2ccccc2O1. The number of carbonyl (C=O) groups excluding carboxylic acids is 2. The van der Waals surface area contributed by atoms with Crippen molar-refractivity contribution in [3.63, 3.8) is 0 Å². The maximum Gasteiger partial charge on any atom is 0.325 e. The molecule has 1 aliphatic rings. The first-order valence-corrected chi connectivity index (χ1v) is 8.06. The van der Waals surface area contributed by atoms with E-state index >= 15 is 0 Å². The van der Waals surface area contributed by atoms with Crippen LogP contribution in [0.2, 0.25) is 0 Å². The summed E-state index contributed by atoms with van der Waals surface area (Å²) in [6, 6.07) is 17.0. The van der Waals surface area contributed by atoms with E-state index in [1.807, 2.05) is 54.6 Å². The van der Waals surface area contributed by atoms with Gasteiger partial charge in [0.15, 0.2) is 6.10 Å². The second-order valence-electron chi connectivity index (χ2n) is 5.74. The first-order chi connectivity index (χ1) is 12.2. The van der Waals surface area contributed by atoms with Crippen LogP contribution in [0.25, 0.3) is 0 Å². The molecule has 3 rings (SSSR count). The Bertz CT molecular complexity index is 748. The second kappa shape index (κ2) is 7.70. The van der Waals surface area contributed by atoms with Gasteiger partial charge in [0.1, 0.15) is 12.3 Å². The number of rotatable bonds is 5. The topological polar surface area (TPSA) is 67.9 Å². The molecular formula is C19H20N2O4. The molecule has 1 unspecified atom stereocenters. The summed E-state index contributed by atoms with van der Waals surface area (Å²) in [6.07, 6.45) is -0.691. The molecule has 0 aliphatic carbocycles. The standard InChI is InChI=1S/C19H20N2O4/c1-24-18(22)13-21(12-14-7-3-2-4-8-14)19(23)17-11-20-15-9-5-6-10-16(15)25-17/h2-10,17,20H,11-13H2,1H3. The molecule has 0 spiro atoms. The van der Waals surface area contributed by atoms with E-state index in [-0.39, 0.29) is 12.5 Å². The third-order valence-electron chi connectivity index (χ3n) is 3.99. The number of amides is 1. The van der Waals surface area contributed by atoms with Crippen molar-refractivity contribution in [1.29, 1.82) is 0 Å². The van der Waals surface area contributed by atoms with Crippen molar-refractivity contribution in [3.05, 3.63) is 60.2 Å². The Kier molecular flexibility index (Phi) is 5.18. The third-order valence-corrected chi connectivity index (χ3v) is 3.99. The number of anilines is 1. The van der Waals surface area contributed by atoms with Crippen molar-refractivity contribution in [1.82, 2.24) is 4.90 Å². The van der Waals surface area contributed by atoms with E-state index in [1.165, 1.54) is 12.0 Å². The fourth-order valence-electron chi connectivity index (χ4n) is 2.69. The molecule has 0 saturated carbocycles. The Labute approximate surface area is 146 Å². The zero-order valence-electron chi connectivity index (χ0n) is 14.0. The van der Waals surface area contributed by atoms with Crippen molar-refractivity contribution in [2.75, 3.05) is 25.5 Å². The Morgan fingerprint density at radius 2 is 1.88 bits per heavy atom. The summed E-state index contributed by atoms with van der Waals surface area (Å²) < 4.78 is 10.5. The van der Waals surface area contributed by atoms with Crippen molar-refractivity contribution >= 4 is 17.6 Å². The molecule has 0 aromatic heterocycles. The summed E-state index contributed by atoms with van der Waals surface area (Å²) >= 11 is 0. The number of para-hydroxylation sites is 2. The van der Waals surface area contributed by atoms with Crippen molar-refractivity contribution < 1.29 is 19.1 Å². The number of hydrogen-bond donors (Lipinski definition) is 1. The van der Waals surface area contributed by atoms with E-state index in [4.69, 9.17) is 9.47 Å². The smallest absolute Gasteiger partial charge is 0.325 e. The third kappa shape index (κ3) is 4.09. The maximum absolute atomic E-state index is 12.9. The van der Waals surface area contributed by atoms with Gasteiger partial charge >= 0.3 is 5.97 Å². The average molecular weight is 340 g/mol. The number of nitrogens with one attached hydrogen (secondary N) is 1. The fraction of sp³-hybridized carbons (Fsp3) is 0.263. The summed E-state index contributed by atoms with van der Waals surface area (Å²) in [4.78, 5) is 26.1. The number of esters is 1. The molecule has 1 N–H and O–H groups in total. The van der Waals surface area contributed by atoms with Crippen LogP contribution in [-0.2, 0) is 20.9 Å². The van der Waals surface area contributed by atoms with Gasteiger partial charge in [-0.2, -0.15) is 0 Å². The number of benzene rings is 2. The monoisotopic (exact) mass is 340 g/mol. The predicted octanol–water partition coefficient (Wildman–Crippen LogP) is 2.06. The van der Waals surface area contributed by atoms with Crippen LogP contribution in [0.4, 0.5) is 5.69 Å². The second-order valence-corrected chi connectivity index (χ2v) is 5.74. The van der Waals surface area contributed by atoms with Gasteiger partial charge < -0.3 is 19.7 Å². The highest BCUT2D eigenvalue weighted by Gasteiger charge is 2.31. The normalized spacial score (nSPS) is 15.3. The quantitative estimate of drug-likeness (QED) is 0.844. The summed E-state index contributed by atoms with van der Waals surface area (Å²) in [5.74, 6) is -0.0884. The van der Waals surface area contributed by atoms with Crippen LogP contribution in [0.15, 0.2) is 54.6 Å². The molecule has 1 aliphatic heterocycles. The Hall–Kier alpha value is -3.02. The zero-order chi connectivity index (χ0) is 17.6. The lowest BCUT2D eigenvalue weighted by molar-refractivity contribution is -0.150. The highest BCUT2D eigenvalue weighted by atomic mass is 16.5. The molecule has 0 radical (unpaired) electrons. The number of fused-ring (bicyclic) bond motifs is 1. The van der Waals surface area contributed by atoms with E-state index in [0.29, 0.717) is 18.8 Å². The summed E-state index contributed by atoms with van der Waals surface area (Å²) in [5, 5.41) is 3.19. The van der Waals surface area contributed by atoms with Crippen LogP contribution in [0.1, 0.15) is 5.56 Å². The summed E-state index contributed by atoms with van der Waals surface area (Å²) in [6.45, 7) is 0.546. The molecule has 2 aromatic carbocycles. The van der Waals surface area contributed by atoms with Crippen LogP contribution >= 0.6 is 0 Å². The van der Waals surface area contributed by atoms with Crippen LogP contribution < -0.4 is 10.1 Å². The molecular weight excluding hydrogens is 320 g/mol. The molecule has 0 fully saturated rings. The molecule has 130 valence electrons. The highest BCUT2D eigenvalue weighted by Crippen LogP contribution is 2.28. The Morgan fingerprint density at radius 1 is 1.16 bits per heavy atom. The average Bonchev–Trinajstić information content (AvgIpc) is 2.67. The molecule has 0 bridgehead atoms. The van der Waals surface area contributed by atoms with Gasteiger partial charge in [0.05, 0.1) is 19.3 Å². The fourth-order valence-corrected chi connectivity index (χ4v) is 2.69. The van der Waals surface area contributed by atoms with E-state index < -0.39 is 12.1 Å². The molecule has 1 atom stereocenters. The van der Waals surface area contributed by atoms with Crippen molar-refractivity contribution in [3.8, 4) is 5.75 Å². The molecule has 0 saturated heterocycles. The number of carbonyl (C=O) groups is 2. The first kappa shape index (κ1) is 16.8. The lowest BCUT2D eigenvalue weighted by atomic mass is 10.1. The molecule has 6 heteroatoms. The lowest BCUT2D eigenvalue weighted by Gasteiger charge is -2.31. The van der Waals surface area contributed by atoms with Gasteiger partial charge in [-0.3, -0.25) is 9.59 Å². The highest BCUT2D eigenvalue weighted by molar-refractivity contribution is 5.86. The summed E-state index contributed by atoms with van der Waals surface area (Å²) in [5.41, 5.74) is 1.79. The largest absolute Gasteiger partial charge is 0.477 e. The molecule has 1 amide bonds. The Morgan fingerprint density at radius 3 is 2.64 bits per heavy atom. The number of methoxy groups -OCH3 is 1. The molecule has 25 heavy (non-hydrogen) atoms. The van der Waals surface area contributed by atoms with Gasteiger partial charge in [0.2, 0.25) is 0 Å². The van der Waals surface area contributed by atoms with Gasteiger partial charge in [-0.05, 0) is 17.7 Å². The number of nitrogens with zero attached hydrogens (tertiary/aromatic N) is 1. The minimum atomic E-state index is -0.691. The minimum absolute atomic E-state index is 0.119. The lowest BCUT2D eigenvalue weighted by Crippen LogP contribution is -2.48. The number of ether oxygens (including phenoxy) is 2. The number of hydrogen-bond acceptors (Lipinski definition) is 5. The Balaban J connectivity index is 1.75. The molecule has 6 nitrogen and oxygen atoms in total. The van der Waals surface area contributed by atoms with E-state index in [2.05, 4.69) is 5.32 Å². The van der Waals surface area contributed by atoms with Gasteiger partial charge in [-0.1, -0.05) is 42.5 Å². The minimum Gasteiger partial charge on any atom is -0.477 e. The van der Waals surface area contributed by atoms with Gasteiger partial charge in [-0.25, -0.2) is 0 Å². The van der Waals surface area contributed by atoms with E-state index in [0.717, 1.165) is 11.3 Å². The van der Waals surface area contributed by atoms with E-state index in [9.17, 15) is 9.59 Å². The van der Waals surface area contributed by atoms with Crippen LogP contribution in [0.3, 0.4) is 0 Å². The maximum atomic E-state index is 12.9. The van der Waals surface area contributed by atoms with Crippen LogP contribution in [-0.4, -0.2) is 43.1 Å². The van der Waals surface area contributed by atoms with Crippen LogP contribution in [0.5, 0.6) is 5.75 Å². The zero-order valence-corrected chi connectivity index (χ0v) is 14.0. The summed E-state index contributed by atoms with van der Waals surface area (Å²) in [7, 11) is 1.31.